The van der Waals surface area contributed by atoms with Crippen LogP contribution in [0.25, 0.3) is 0 Å². The highest BCUT2D eigenvalue weighted by Crippen LogP contribution is 2.22. The van der Waals surface area contributed by atoms with Crippen LogP contribution in [0.5, 0.6) is 0 Å². The average molecular weight is 352 g/mol. The van der Waals surface area contributed by atoms with Gasteiger partial charge in [-0.1, -0.05) is 58.0 Å². The van der Waals surface area contributed by atoms with Crippen LogP contribution in [0.3, 0.4) is 0 Å². The summed E-state index contributed by atoms with van der Waals surface area (Å²) in [4.78, 5) is 24.8. The van der Waals surface area contributed by atoms with Crippen LogP contribution >= 0.6 is 0 Å². The second kappa shape index (κ2) is 8.17. The number of anilines is 1. The molecule has 0 aliphatic heterocycles. The number of aryl methyl sites for hydroxylation is 1. The second-order valence-corrected chi connectivity index (χ2v) is 7.52. The molecule has 1 unspecified atom stereocenters. The molecule has 2 aromatic carbocycles. The van der Waals surface area contributed by atoms with Gasteiger partial charge >= 0.3 is 0 Å². The summed E-state index contributed by atoms with van der Waals surface area (Å²) in [5.41, 5.74) is 3.60. The maximum absolute atomic E-state index is 12.4. The van der Waals surface area contributed by atoms with Crippen molar-refractivity contribution in [3.05, 3.63) is 65.2 Å². The smallest absolute Gasteiger partial charge is 0.251 e. The van der Waals surface area contributed by atoms with Gasteiger partial charge in [0, 0.05) is 11.3 Å². The van der Waals surface area contributed by atoms with Crippen molar-refractivity contribution in [2.75, 3.05) is 5.32 Å². The van der Waals surface area contributed by atoms with Crippen LogP contribution in [0.15, 0.2) is 48.5 Å². The molecule has 0 spiro atoms. The third kappa shape index (κ3) is 4.94. The Balaban J connectivity index is 2.01. The minimum Gasteiger partial charge on any atom is -0.341 e. The summed E-state index contributed by atoms with van der Waals surface area (Å²) in [5.74, 6) is -0.484. The monoisotopic (exact) mass is 352 g/mol. The van der Waals surface area contributed by atoms with Crippen molar-refractivity contribution in [1.29, 1.82) is 0 Å². The Hall–Kier alpha value is -2.62. The topological polar surface area (TPSA) is 58.2 Å². The first-order valence-electron chi connectivity index (χ1n) is 9.02. The lowest BCUT2D eigenvalue weighted by molar-refractivity contribution is -0.117. The fourth-order valence-electron chi connectivity index (χ4n) is 2.66. The molecule has 0 saturated heterocycles. The summed E-state index contributed by atoms with van der Waals surface area (Å²) in [6.07, 6.45) is 0.831. The Morgan fingerprint density at radius 2 is 1.62 bits per heavy atom. The van der Waals surface area contributed by atoms with Gasteiger partial charge in [-0.2, -0.15) is 0 Å². The summed E-state index contributed by atoms with van der Waals surface area (Å²) in [5, 5.41) is 5.65. The van der Waals surface area contributed by atoms with Crippen LogP contribution in [0.2, 0.25) is 0 Å². The fourth-order valence-corrected chi connectivity index (χ4v) is 2.66. The summed E-state index contributed by atoms with van der Waals surface area (Å²) >= 11 is 0. The molecule has 4 nitrogen and oxygen atoms in total. The second-order valence-electron chi connectivity index (χ2n) is 7.52. The fraction of sp³-hybridized carbons (Fsp3) is 0.364. The zero-order valence-electron chi connectivity index (χ0n) is 16.2. The molecule has 0 radical (unpaired) electrons. The van der Waals surface area contributed by atoms with Gasteiger partial charge in [-0.05, 0) is 48.1 Å². The van der Waals surface area contributed by atoms with Crippen molar-refractivity contribution in [2.45, 2.75) is 52.5 Å². The molecule has 2 rings (SSSR count). The minimum absolute atomic E-state index is 0.0366. The minimum atomic E-state index is -0.630. The molecule has 26 heavy (non-hydrogen) atoms. The number of hydrogen-bond acceptors (Lipinski definition) is 2. The van der Waals surface area contributed by atoms with Crippen molar-refractivity contribution >= 4 is 17.5 Å². The first kappa shape index (κ1) is 19.7. The molecule has 0 aliphatic carbocycles. The van der Waals surface area contributed by atoms with Crippen molar-refractivity contribution < 1.29 is 9.59 Å². The Bertz CT molecular complexity index is 773. The average Bonchev–Trinajstić information content (AvgIpc) is 2.61. The van der Waals surface area contributed by atoms with E-state index < -0.39 is 6.04 Å². The number of benzene rings is 2. The molecule has 138 valence electrons. The van der Waals surface area contributed by atoms with Crippen LogP contribution in [0.4, 0.5) is 5.69 Å². The van der Waals surface area contributed by atoms with Gasteiger partial charge in [-0.3, -0.25) is 9.59 Å². The number of hydrogen-bond donors (Lipinski definition) is 2. The molecule has 2 N–H and O–H groups in total. The number of carbonyl (C=O) groups excluding carboxylic acids is 2. The van der Waals surface area contributed by atoms with Crippen molar-refractivity contribution in [3.63, 3.8) is 0 Å². The number of nitrogens with one attached hydrogen (secondary N) is 2. The SMILES string of the molecule is CCc1ccccc1NC(=O)C(C)NC(=O)c1ccc(C(C)(C)C)cc1. The molecule has 1 atom stereocenters. The molecule has 0 aliphatic rings. The number of carbonyl (C=O) groups is 2. The summed E-state index contributed by atoms with van der Waals surface area (Å²) in [6.45, 7) is 10.1. The van der Waals surface area contributed by atoms with E-state index in [2.05, 4.69) is 31.4 Å². The third-order valence-corrected chi connectivity index (χ3v) is 4.41. The van der Waals surface area contributed by atoms with E-state index in [9.17, 15) is 9.59 Å². The van der Waals surface area contributed by atoms with Gasteiger partial charge in [0.2, 0.25) is 5.91 Å². The van der Waals surface area contributed by atoms with Crippen molar-refractivity contribution in [2.24, 2.45) is 0 Å². The third-order valence-electron chi connectivity index (χ3n) is 4.41. The van der Waals surface area contributed by atoms with Gasteiger partial charge in [0.25, 0.3) is 5.91 Å². The predicted octanol–water partition coefficient (Wildman–Crippen LogP) is 4.30. The number of rotatable bonds is 5. The molecular formula is C22H28N2O2. The molecule has 2 amide bonds. The van der Waals surface area contributed by atoms with Gasteiger partial charge in [0.05, 0.1) is 0 Å². The molecule has 2 aromatic rings. The van der Waals surface area contributed by atoms with Gasteiger partial charge in [-0.15, -0.1) is 0 Å². The normalized spacial score (nSPS) is 12.3. The number of para-hydroxylation sites is 1. The quantitative estimate of drug-likeness (QED) is 0.843. The lowest BCUT2D eigenvalue weighted by Crippen LogP contribution is -2.41. The first-order valence-corrected chi connectivity index (χ1v) is 9.02. The van der Waals surface area contributed by atoms with Gasteiger partial charge in [0.15, 0.2) is 0 Å². The Labute approximate surface area is 156 Å². The summed E-state index contributed by atoms with van der Waals surface area (Å²) < 4.78 is 0. The molecular weight excluding hydrogens is 324 g/mol. The molecule has 0 heterocycles. The van der Waals surface area contributed by atoms with Crippen LogP contribution < -0.4 is 10.6 Å². The molecule has 4 heteroatoms. The van der Waals surface area contributed by atoms with Crippen LogP contribution in [0.1, 0.15) is 56.1 Å². The summed E-state index contributed by atoms with van der Waals surface area (Å²) in [6, 6.07) is 14.6. The van der Waals surface area contributed by atoms with E-state index in [1.807, 2.05) is 43.3 Å². The number of amides is 2. The Morgan fingerprint density at radius 3 is 2.19 bits per heavy atom. The first-order chi connectivity index (χ1) is 12.2. The van der Waals surface area contributed by atoms with Crippen molar-refractivity contribution in [3.8, 4) is 0 Å². The molecule has 0 saturated carbocycles. The van der Waals surface area contributed by atoms with E-state index in [4.69, 9.17) is 0 Å². The molecule has 0 fully saturated rings. The van der Waals surface area contributed by atoms with Gasteiger partial charge in [0.1, 0.15) is 6.04 Å². The van der Waals surface area contributed by atoms with E-state index in [1.54, 1.807) is 19.1 Å². The van der Waals surface area contributed by atoms with E-state index in [0.717, 1.165) is 23.2 Å². The van der Waals surface area contributed by atoms with Crippen LogP contribution in [0, 0.1) is 0 Å². The van der Waals surface area contributed by atoms with E-state index in [-0.39, 0.29) is 17.2 Å². The lowest BCUT2D eigenvalue weighted by atomic mass is 9.86. The molecule has 0 bridgehead atoms. The van der Waals surface area contributed by atoms with E-state index >= 15 is 0 Å². The standard InChI is InChI=1S/C22H28N2O2/c1-6-16-9-7-8-10-19(16)24-20(25)15(2)23-21(26)17-11-13-18(14-12-17)22(3,4)5/h7-15H,6H2,1-5H3,(H,23,26)(H,24,25). The van der Waals surface area contributed by atoms with Crippen LogP contribution in [-0.4, -0.2) is 17.9 Å². The highest BCUT2D eigenvalue weighted by Gasteiger charge is 2.18. The zero-order valence-corrected chi connectivity index (χ0v) is 16.2. The largest absolute Gasteiger partial charge is 0.341 e. The summed E-state index contributed by atoms with van der Waals surface area (Å²) in [7, 11) is 0. The Morgan fingerprint density at radius 1 is 1.00 bits per heavy atom. The highest BCUT2D eigenvalue weighted by atomic mass is 16.2. The molecule has 0 aromatic heterocycles. The lowest BCUT2D eigenvalue weighted by Gasteiger charge is -2.19. The Kier molecular flexibility index (Phi) is 6.19. The maximum atomic E-state index is 12.4. The predicted molar refractivity (Wildman–Crippen MR) is 107 cm³/mol. The highest BCUT2D eigenvalue weighted by molar-refractivity contribution is 6.01. The maximum Gasteiger partial charge on any atom is 0.251 e. The van der Waals surface area contributed by atoms with Gasteiger partial charge < -0.3 is 10.6 Å². The van der Waals surface area contributed by atoms with E-state index in [0.29, 0.717) is 5.56 Å². The van der Waals surface area contributed by atoms with E-state index in [1.165, 1.54) is 0 Å². The van der Waals surface area contributed by atoms with Crippen LogP contribution in [-0.2, 0) is 16.6 Å². The van der Waals surface area contributed by atoms with Gasteiger partial charge in [-0.25, -0.2) is 0 Å². The zero-order chi connectivity index (χ0) is 19.3. The van der Waals surface area contributed by atoms with Crippen molar-refractivity contribution in [1.82, 2.24) is 5.32 Å².